The van der Waals surface area contributed by atoms with Crippen molar-refractivity contribution in [2.24, 2.45) is 5.92 Å². The van der Waals surface area contributed by atoms with Crippen molar-refractivity contribution < 1.29 is 13.9 Å². The first-order valence-electron chi connectivity index (χ1n) is 8.62. The van der Waals surface area contributed by atoms with Gasteiger partial charge in [-0.25, -0.2) is 14.1 Å². The molecule has 2 aromatic carbocycles. The Kier molecular flexibility index (Phi) is 5.92. The first-order chi connectivity index (χ1) is 12.1. The van der Waals surface area contributed by atoms with Gasteiger partial charge in [0.15, 0.2) is 0 Å². The third-order valence-corrected chi connectivity index (χ3v) is 4.83. The van der Waals surface area contributed by atoms with E-state index < -0.39 is 11.9 Å². The largest absolute Gasteiger partial charge is 0.449 e. The quantitative estimate of drug-likeness (QED) is 0.636. The molecule has 0 aliphatic heterocycles. The average Bonchev–Trinajstić information content (AvgIpc) is 2.65. The van der Waals surface area contributed by atoms with E-state index in [-0.39, 0.29) is 5.02 Å². The van der Waals surface area contributed by atoms with Crippen LogP contribution in [-0.2, 0) is 4.74 Å². The molecule has 0 radical (unpaired) electrons. The molecule has 1 fully saturated rings. The molecule has 132 valence electrons. The summed E-state index contributed by atoms with van der Waals surface area (Å²) in [5, 5.41) is 0.0207. The van der Waals surface area contributed by atoms with Gasteiger partial charge in [0.25, 0.3) is 0 Å². The highest BCUT2D eigenvalue weighted by Gasteiger charge is 2.22. The Labute approximate surface area is 152 Å². The molecule has 0 bridgehead atoms. The standard InChI is InChI=1S/C20H21ClFNO2/c21-18-12-11-17(13-19(18)22)23(16-9-5-2-6-10-16)20(24)25-14-15-7-3-1-4-8-15/h2,5-6,9-13,15H,1,3-4,7-8,14H2. The summed E-state index contributed by atoms with van der Waals surface area (Å²) in [5.41, 5.74) is 1.01. The molecule has 1 aliphatic carbocycles. The zero-order valence-corrected chi connectivity index (χ0v) is 14.7. The minimum Gasteiger partial charge on any atom is -0.449 e. The van der Waals surface area contributed by atoms with Crippen LogP contribution in [0.5, 0.6) is 0 Å². The molecule has 25 heavy (non-hydrogen) atoms. The molecular formula is C20H21ClFNO2. The Hall–Kier alpha value is -2.07. The summed E-state index contributed by atoms with van der Waals surface area (Å²) in [4.78, 5) is 14.1. The Balaban J connectivity index is 1.80. The van der Waals surface area contributed by atoms with Gasteiger partial charge < -0.3 is 4.74 Å². The lowest BCUT2D eigenvalue weighted by Crippen LogP contribution is -2.29. The highest BCUT2D eigenvalue weighted by Crippen LogP contribution is 2.30. The molecule has 3 nitrogen and oxygen atoms in total. The molecule has 0 atom stereocenters. The number of rotatable bonds is 4. The number of hydrogen-bond acceptors (Lipinski definition) is 2. The van der Waals surface area contributed by atoms with Crippen LogP contribution >= 0.6 is 11.6 Å². The molecule has 0 spiro atoms. The van der Waals surface area contributed by atoms with E-state index in [0.29, 0.717) is 23.9 Å². The van der Waals surface area contributed by atoms with Crippen molar-refractivity contribution in [2.45, 2.75) is 32.1 Å². The van der Waals surface area contributed by atoms with Crippen LogP contribution in [0.15, 0.2) is 48.5 Å². The number of carbonyl (C=O) groups is 1. The topological polar surface area (TPSA) is 29.5 Å². The van der Waals surface area contributed by atoms with E-state index in [0.717, 1.165) is 12.8 Å². The van der Waals surface area contributed by atoms with Crippen LogP contribution < -0.4 is 4.90 Å². The van der Waals surface area contributed by atoms with Gasteiger partial charge in [0.05, 0.1) is 23.0 Å². The zero-order valence-electron chi connectivity index (χ0n) is 14.0. The van der Waals surface area contributed by atoms with Crippen LogP contribution in [0.2, 0.25) is 5.02 Å². The fourth-order valence-corrected chi connectivity index (χ4v) is 3.29. The van der Waals surface area contributed by atoms with E-state index in [1.165, 1.54) is 36.3 Å². The van der Waals surface area contributed by atoms with E-state index in [9.17, 15) is 9.18 Å². The SMILES string of the molecule is O=C(OCC1CCCCC1)N(c1ccccc1)c1ccc(Cl)c(F)c1. The van der Waals surface area contributed by atoms with Gasteiger partial charge in [-0.1, -0.05) is 49.1 Å². The average molecular weight is 362 g/mol. The highest BCUT2D eigenvalue weighted by atomic mass is 35.5. The fourth-order valence-electron chi connectivity index (χ4n) is 3.17. The molecule has 0 unspecified atom stereocenters. The van der Waals surface area contributed by atoms with Crippen LogP contribution in [0, 0.1) is 11.7 Å². The number of benzene rings is 2. The number of para-hydroxylation sites is 1. The van der Waals surface area contributed by atoms with Gasteiger partial charge in [0, 0.05) is 0 Å². The monoisotopic (exact) mass is 361 g/mol. The second kappa shape index (κ2) is 8.34. The number of halogens is 2. The predicted octanol–water partition coefficient (Wildman–Crippen LogP) is 6.33. The lowest BCUT2D eigenvalue weighted by molar-refractivity contribution is 0.124. The molecule has 5 heteroatoms. The molecule has 0 heterocycles. The van der Waals surface area contributed by atoms with Crippen molar-refractivity contribution in [3.05, 3.63) is 59.4 Å². The maximum Gasteiger partial charge on any atom is 0.418 e. The second-order valence-electron chi connectivity index (χ2n) is 6.35. The molecule has 0 saturated heterocycles. The van der Waals surface area contributed by atoms with E-state index in [1.54, 1.807) is 18.2 Å². The van der Waals surface area contributed by atoms with Crippen LogP contribution in [0.1, 0.15) is 32.1 Å². The molecule has 1 aliphatic rings. The van der Waals surface area contributed by atoms with Gasteiger partial charge in [0.2, 0.25) is 0 Å². The van der Waals surface area contributed by atoms with Gasteiger partial charge in [-0.15, -0.1) is 0 Å². The lowest BCUT2D eigenvalue weighted by Gasteiger charge is -2.25. The summed E-state index contributed by atoms with van der Waals surface area (Å²) in [6.07, 6.45) is 5.31. The van der Waals surface area contributed by atoms with Crippen LogP contribution in [0.3, 0.4) is 0 Å². The van der Waals surface area contributed by atoms with Crippen molar-refractivity contribution in [1.29, 1.82) is 0 Å². The summed E-state index contributed by atoms with van der Waals surface area (Å²) in [5.74, 6) is -0.155. The smallest absolute Gasteiger partial charge is 0.418 e. The van der Waals surface area contributed by atoms with Crippen molar-refractivity contribution in [3.63, 3.8) is 0 Å². The van der Waals surface area contributed by atoms with Crippen molar-refractivity contribution in [3.8, 4) is 0 Å². The summed E-state index contributed by atoms with van der Waals surface area (Å²) >= 11 is 5.76. The third-order valence-electron chi connectivity index (χ3n) is 4.53. The van der Waals surface area contributed by atoms with Crippen molar-refractivity contribution >= 4 is 29.1 Å². The van der Waals surface area contributed by atoms with Crippen LogP contribution in [-0.4, -0.2) is 12.7 Å². The number of ether oxygens (including phenoxy) is 1. The molecule has 0 N–H and O–H groups in total. The molecule has 3 rings (SSSR count). The molecule has 1 saturated carbocycles. The molecular weight excluding hydrogens is 341 g/mol. The highest BCUT2D eigenvalue weighted by molar-refractivity contribution is 6.30. The van der Waals surface area contributed by atoms with E-state index in [4.69, 9.17) is 16.3 Å². The lowest BCUT2D eigenvalue weighted by atomic mass is 9.90. The first-order valence-corrected chi connectivity index (χ1v) is 9.00. The van der Waals surface area contributed by atoms with E-state index >= 15 is 0 Å². The Bertz CT molecular complexity index is 717. The third kappa shape index (κ3) is 4.51. The van der Waals surface area contributed by atoms with Gasteiger partial charge >= 0.3 is 6.09 Å². The van der Waals surface area contributed by atoms with Gasteiger partial charge in [-0.2, -0.15) is 0 Å². The minimum atomic E-state index is -0.569. The predicted molar refractivity (Wildman–Crippen MR) is 97.9 cm³/mol. The Morgan fingerprint density at radius 3 is 2.48 bits per heavy atom. The fraction of sp³-hybridized carbons (Fsp3) is 0.350. The Morgan fingerprint density at radius 1 is 1.08 bits per heavy atom. The van der Waals surface area contributed by atoms with Gasteiger partial charge in [-0.3, -0.25) is 0 Å². The normalized spacial score (nSPS) is 15.0. The summed E-state index contributed by atoms with van der Waals surface area (Å²) in [6.45, 7) is 0.401. The number of hydrogen-bond donors (Lipinski definition) is 0. The molecule has 2 aromatic rings. The summed E-state index contributed by atoms with van der Waals surface area (Å²) < 4.78 is 19.4. The minimum absolute atomic E-state index is 0.0207. The second-order valence-corrected chi connectivity index (χ2v) is 6.76. The number of anilines is 2. The molecule has 0 aromatic heterocycles. The maximum atomic E-state index is 13.9. The Morgan fingerprint density at radius 2 is 1.80 bits per heavy atom. The summed E-state index contributed by atoms with van der Waals surface area (Å²) in [6, 6.07) is 13.4. The van der Waals surface area contributed by atoms with Crippen LogP contribution in [0.4, 0.5) is 20.6 Å². The number of carbonyl (C=O) groups excluding carboxylic acids is 1. The first kappa shape index (κ1) is 17.7. The summed E-state index contributed by atoms with van der Waals surface area (Å²) in [7, 11) is 0. The maximum absolute atomic E-state index is 13.9. The van der Waals surface area contributed by atoms with Gasteiger partial charge in [0.1, 0.15) is 5.82 Å². The number of nitrogens with zero attached hydrogens (tertiary/aromatic N) is 1. The zero-order chi connectivity index (χ0) is 17.6. The van der Waals surface area contributed by atoms with Gasteiger partial charge in [-0.05, 0) is 49.1 Å². The van der Waals surface area contributed by atoms with E-state index in [2.05, 4.69) is 0 Å². The van der Waals surface area contributed by atoms with Crippen molar-refractivity contribution in [2.75, 3.05) is 11.5 Å². The van der Waals surface area contributed by atoms with E-state index in [1.807, 2.05) is 18.2 Å². The van der Waals surface area contributed by atoms with Crippen molar-refractivity contribution in [1.82, 2.24) is 0 Å². The van der Waals surface area contributed by atoms with Crippen LogP contribution in [0.25, 0.3) is 0 Å². The molecule has 1 amide bonds. The number of amides is 1.